The van der Waals surface area contributed by atoms with Crippen LogP contribution in [0.3, 0.4) is 0 Å². The molecule has 7 nitrogen and oxygen atoms in total. The Bertz CT molecular complexity index is 1350. The molecule has 0 aliphatic carbocycles. The molecule has 8 heteroatoms. The fourth-order valence-corrected chi connectivity index (χ4v) is 4.69. The third-order valence-electron chi connectivity index (χ3n) is 5.70. The van der Waals surface area contributed by atoms with Crippen molar-refractivity contribution in [2.24, 2.45) is 0 Å². The zero-order chi connectivity index (χ0) is 24.4. The van der Waals surface area contributed by atoms with Crippen molar-refractivity contribution in [3.63, 3.8) is 0 Å². The maximum Gasteiger partial charge on any atom is 0.267 e. The molecule has 2 heterocycles. The Balaban J connectivity index is 1.56. The minimum Gasteiger partial charge on any atom is -0.497 e. The van der Waals surface area contributed by atoms with E-state index in [0.717, 1.165) is 34.7 Å². The molecular weight excluding hydrogens is 448 g/mol. The van der Waals surface area contributed by atoms with Gasteiger partial charge in [0.25, 0.3) is 5.91 Å². The first-order valence-electron chi connectivity index (χ1n) is 10.8. The first kappa shape index (κ1) is 23.4. The first-order chi connectivity index (χ1) is 16.3. The van der Waals surface area contributed by atoms with E-state index < -0.39 is 0 Å². The Morgan fingerprint density at radius 2 is 1.68 bits per heavy atom. The largest absolute Gasteiger partial charge is 0.497 e. The van der Waals surface area contributed by atoms with Crippen molar-refractivity contribution in [1.29, 1.82) is 0 Å². The van der Waals surface area contributed by atoms with Crippen LogP contribution in [0.4, 0.5) is 5.69 Å². The quantitative estimate of drug-likeness (QED) is 0.367. The van der Waals surface area contributed by atoms with Crippen LogP contribution in [0.5, 0.6) is 5.75 Å². The van der Waals surface area contributed by atoms with Crippen molar-refractivity contribution in [2.75, 3.05) is 12.4 Å². The van der Waals surface area contributed by atoms with E-state index in [9.17, 15) is 9.59 Å². The zero-order valence-electron chi connectivity index (χ0n) is 19.8. The van der Waals surface area contributed by atoms with Gasteiger partial charge in [-0.05, 0) is 69.7 Å². The highest BCUT2D eigenvalue weighted by Gasteiger charge is 2.20. The number of amides is 1. The number of rotatable bonds is 7. The molecule has 0 atom stereocenters. The molecule has 0 aliphatic heterocycles. The highest BCUT2D eigenvalue weighted by Crippen LogP contribution is 2.27. The van der Waals surface area contributed by atoms with E-state index in [0.29, 0.717) is 27.0 Å². The first-order valence-corrected chi connectivity index (χ1v) is 11.7. The van der Waals surface area contributed by atoms with Crippen LogP contribution in [-0.2, 0) is 6.42 Å². The van der Waals surface area contributed by atoms with Crippen LogP contribution in [-0.4, -0.2) is 33.6 Å². The number of methoxy groups -OCH3 is 1. The van der Waals surface area contributed by atoms with Crippen molar-refractivity contribution in [1.82, 2.24) is 14.8 Å². The summed E-state index contributed by atoms with van der Waals surface area (Å²) in [6, 6.07) is 14.8. The van der Waals surface area contributed by atoms with Gasteiger partial charge in [-0.1, -0.05) is 23.5 Å². The fourth-order valence-electron chi connectivity index (χ4n) is 3.72. The monoisotopic (exact) mass is 474 g/mol. The third-order valence-corrected chi connectivity index (χ3v) is 6.83. The third kappa shape index (κ3) is 4.77. The van der Waals surface area contributed by atoms with Gasteiger partial charge in [0.1, 0.15) is 10.6 Å². The van der Waals surface area contributed by atoms with Gasteiger partial charge in [-0.25, -0.2) is 9.67 Å². The Morgan fingerprint density at radius 1 is 1.00 bits per heavy atom. The van der Waals surface area contributed by atoms with Crippen molar-refractivity contribution in [3.05, 3.63) is 87.2 Å². The van der Waals surface area contributed by atoms with E-state index >= 15 is 0 Å². The summed E-state index contributed by atoms with van der Waals surface area (Å²) in [5.41, 5.74) is 6.09. The molecule has 0 spiro atoms. The van der Waals surface area contributed by atoms with Crippen LogP contribution in [0.15, 0.2) is 48.5 Å². The molecule has 0 saturated carbocycles. The fraction of sp³-hybridized carbons (Fsp3) is 0.231. The van der Waals surface area contributed by atoms with Crippen molar-refractivity contribution >= 4 is 28.7 Å². The summed E-state index contributed by atoms with van der Waals surface area (Å²) in [5, 5.41) is 8.24. The number of ether oxygens (including phenoxy) is 1. The maximum atomic E-state index is 12.9. The van der Waals surface area contributed by atoms with E-state index in [1.54, 1.807) is 31.4 Å². The number of nitrogens with zero attached hydrogens (tertiary/aromatic N) is 3. The number of nitrogens with one attached hydrogen (secondary N) is 1. The van der Waals surface area contributed by atoms with E-state index in [1.165, 1.54) is 18.3 Å². The standard InChI is InChI=1S/C26H26N4O3S/c1-15-23(14-19-6-12-22(33-5)13-7-19)17(3)30(29-15)26-27-16(2)24(34-26)25(32)28-21-10-8-20(9-11-21)18(4)31/h6-13H,14H2,1-5H3,(H,28,32). The lowest BCUT2D eigenvalue weighted by Crippen LogP contribution is -2.11. The number of hydrogen-bond donors (Lipinski definition) is 1. The van der Waals surface area contributed by atoms with Gasteiger partial charge in [-0.15, -0.1) is 0 Å². The number of benzene rings is 2. The molecule has 0 fully saturated rings. The molecule has 34 heavy (non-hydrogen) atoms. The van der Waals surface area contributed by atoms with Gasteiger partial charge in [0, 0.05) is 28.9 Å². The van der Waals surface area contributed by atoms with Gasteiger partial charge in [0.15, 0.2) is 5.78 Å². The normalized spacial score (nSPS) is 10.9. The molecule has 1 amide bonds. The summed E-state index contributed by atoms with van der Waals surface area (Å²) in [6.07, 6.45) is 0.746. The predicted octanol–water partition coefficient (Wildman–Crippen LogP) is 5.31. The number of carbonyl (C=O) groups excluding carboxylic acids is 2. The molecular formula is C26H26N4O3S. The summed E-state index contributed by atoms with van der Waals surface area (Å²) in [7, 11) is 1.65. The van der Waals surface area contributed by atoms with Gasteiger partial charge in [-0.3, -0.25) is 9.59 Å². The number of aryl methyl sites for hydroxylation is 2. The Morgan fingerprint density at radius 3 is 2.29 bits per heavy atom. The Hall–Kier alpha value is -3.78. The lowest BCUT2D eigenvalue weighted by molar-refractivity contribution is 0.101. The topological polar surface area (TPSA) is 86.1 Å². The van der Waals surface area contributed by atoms with Crippen molar-refractivity contribution in [3.8, 4) is 10.9 Å². The zero-order valence-corrected chi connectivity index (χ0v) is 20.6. The lowest BCUT2D eigenvalue weighted by atomic mass is 10.0. The SMILES string of the molecule is COc1ccc(Cc2c(C)nn(-c3nc(C)c(C(=O)Nc4ccc(C(C)=O)cc4)s3)c2C)cc1. The summed E-state index contributed by atoms with van der Waals surface area (Å²) < 4.78 is 7.05. The molecule has 0 aliphatic rings. The minimum atomic E-state index is -0.239. The van der Waals surface area contributed by atoms with Crippen LogP contribution < -0.4 is 10.1 Å². The molecule has 0 unspecified atom stereocenters. The minimum absolute atomic E-state index is 0.0166. The summed E-state index contributed by atoms with van der Waals surface area (Å²) in [4.78, 5) is 29.5. The van der Waals surface area contributed by atoms with E-state index in [2.05, 4.69) is 10.3 Å². The molecule has 2 aromatic carbocycles. The summed E-state index contributed by atoms with van der Waals surface area (Å²) >= 11 is 1.30. The molecule has 4 aromatic rings. The van der Waals surface area contributed by atoms with Crippen LogP contribution in [0.2, 0.25) is 0 Å². The highest BCUT2D eigenvalue weighted by molar-refractivity contribution is 7.16. The van der Waals surface area contributed by atoms with Crippen LogP contribution in [0.25, 0.3) is 5.13 Å². The number of aromatic nitrogens is 3. The van der Waals surface area contributed by atoms with Crippen molar-refractivity contribution < 1.29 is 14.3 Å². The van der Waals surface area contributed by atoms with E-state index in [1.807, 2.05) is 49.7 Å². The Kier molecular flexibility index (Phi) is 6.61. The van der Waals surface area contributed by atoms with Gasteiger partial charge in [-0.2, -0.15) is 5.10 Å². The molecule has 0 radical (unpaired) electrons. The van der Waals surface area contributed by atoms with Crippen LogP contribution >= 0.6 is 11.3 Å². The highest BCUT2D eigenvalue weighted by atomic mass is 32.1. The molecule has 0 bridgehead atoms. The van der Waals surface area contributed by atoms with Gasteiger partial charge in [0.2, 0.25) is 5.13 Å². The summed E-state index contributed by atoms with van der Waals surface area (Å²) in [5.74, 6) is 0.570. The number of Topliss-reactive ketones (excluding diaryl/α,β-unsaturated/α-hetero) is 1. The van der Waals surface area contributed by atoms with E-state index in [4.69, 9.17) is 9.84 Å². The smallest absolute Gasteiger partial charge is 0.267 e. The lowest BCUT2D eigenvalue weighted by Gasteiger charge is -2.05. The molecule has 4 rings (SSSR count). The van der Waals surface area contributed by atoms with Gasteiger partial charge in [0.05, 0.1) is 18.5 Å². The van der Waals surface area contributed by atoms with Crippen LogP contribution in [0.1, 0.15) is 55.2 Å². The van der Waals surface area contributed by atoms with Crippen LogP contribution in [0, 0.1) is 20.8 Å². The average molecular weight is 475 g/mol. The number of ketones is 1. The second-order valence-corrected chi connectivity index (χ2v) is 9.06. The number of thiazole rings is 1. The Labute approximate surface area is 202 Å². The number of hydrogen-bond acceptors (Lipinski definition) is 6. The van der Waals surface area contributed by atoms with E-state index in [-0.39, 0.29) is 11.7 Å². The second-order valence-electron chi connectivity index (χ2n) is 8.08. The second kappa shape index (κ2) is 9.61. The average Bonchev–Trinajstić information content (AvgIpc) is 3.34. The maximum absolute atomic E-state index is 12.9. The molecule has 1 N–H and O–H groups in total. The number of anilines is 1. The van der Waals surface area contributed by atoms with Gasteiger partial charge >= 0.3 is 0 Å². The molecule has 174 valence electrons. The predicted molar refractivity (Wildman–Crippen MR) is 134 cm³/mol. The molecule has 2 aromatic heterocycles. The summed E-state index contributed by atoms with van der Waals surface area (Å²) in [6.45, 7) is 7.34. The molecule has 0 saturated heterocycles. The van der Waals surface area contributed by atoms with Gasteiger partial charge < -0.3 is 10.1 Å². The number of carbonyl (C=O) groups is 2. The van der Waals surface area contributed by atoms with Crippen molar-refractivity contribution in [2.45, 2.75) is 34.1 Å².